The molecule has 4 unspecified atom stereocenters. The van der Waals surface area contributed by atoms with Gasteiger partial charge in [0.25, 0.3) is 0 Å². The summed E-state index contributed by atoms with van der Waals surface area (Å²) >= 11 is 0. The van der Waals surface area contributed by atoms with Crippen LogP contribution in [0.5, 0.6) is 0 Å². The average molecular weight is 221 g/mol. The highest BCUT2D eigenvalue weighted by atomic mass is 16.1. The Morgan fingerprint density at radius 2 is 2.25 bits per heavy atom. The van der Waals surface area contributed by atoms with Crippen LogP contribution >= 0.6 is 0 Å². The van der Waals surface area contributed by atoms with Crippen molar-refractivity contribution in [3.05, 3.63) is 0 Å². The minimum absolute atomic E-state index is 0.179. The van der Waals surface area contributed by atoms with Gasteiger partial charge in [-0.3, -0.25) is 4.79 Å². The van der Waals surface area contributed by atoms with Crippen LogP contribution in [0.4, 0.5) is 0 Å². The van der Waals surface area contributed by atoms with Crippen LogP contribution in [0.3, 0.4) is 0 Å². The predicted octanol–water partition coefficient (Wildman–Crippen LogP) is 2.52. The summed E-state index contributed by atoms with van der Waals surface area (Å²) in [6.45, 7) is 3.13. The van der Waals surface area contributed by atoms with Gasteiger partial charge in [-0.05, 0) is 63.3 Å². The Morgan fingerprint density at radius 1 is 1.38 bits per heavy atom. The first-order chi connectivity index (χ1) is 7.67. The largest absolute Gasteiger partial charge is 0.305 e. The monoisotopic (exact) mass is 221 g/mol. The van der Waals surface area contributed by atoms with E-state index in [4.69, 9.17) is 0 Å². The zero-order valence-corrected chi connectivity index (χ0v) is 10.3. The molecule has 0 aromatic rings. The lowest BCUT2D eigenvalue weighted by atomic mass is 9.81. The number of carbonyl (C=O) groups is 1. The number of hydrogen-bond donors (Lipinski definition) is 1. The maximum absolute atomic E-state index is 12.3. The molecule has 2 aliphatic carbocycles. The topological polar surface area (TPSA) is 29.1 Å². The van der Waals surface area contributed by atoms with E-state index in [1.807, 2.05) is 0 Å². The third kappa shape index (κ3) is 1.71. The first-order valence-electron chi connectivity index (χ1n) is 6.96. The van der Waals surface area contributed by atoms with Crippen molar-refractivity contribution in [1.29, 1.82) is 0 Å². The van der Waals surface area contributed by atoms with Gasteiger partial charge in [-0.1, -0.05) is 6.42 Å². The Labute approximate surface area is 98.2 Å². The Hall–Kier alpha value is -0.370. The third-order valence-electron chi connectivity index (χ3n) is 5.32. The standard InChI is InChI=1S/C14H23NO/c1-14(5-2-6-15-14)13(16)9-12-8-10-3-4-11(12)7-10/h10-12,15H,2-9H2,1H3. The fourth-order valence-electron chi connectivity index (χ4n) is 4.22. The summed E-state index contributed by atoms with van der Waals surface area (Å²) < 4.78 is 0. The molecule has 0 aromatic carbocycles. The molecule has 2 saturated carbocycles. The van der Waals surface area contributed by atoms with Gasteiger partial charge in [0.05, 0.1) is 5.54 Å². The number of ketones is 1. The third-order valence-corrected chi connectivity index (χ3v) is 5.32. The van der Waals surface area contributed by atoms with Gasteiger partial charge in [0.2, 0.25) is 0 Å². The van der Waals surface area contributed by atoms with Crippen LogP contribution in [0.25, 0.3) is 0 Å². The Balaban J connectivity index is 1.60. The molecule has 3 fully saturated rings. The second kappa shape index (κ2) is 3.83. The van der Waals surface area contributed by atoms with Crippen molar-refractivity contribution in [2.24, 2.45) is 17.8 Å². The number of Topliss-reactive ketones (excluding diaryl/α,β-unsaturated/α-hetero) is 1. The first kappa shape index (κ1) is 10.8. The molecule has 0 amide bonds. The highest BCUT2D eigenvalue weighted by molar-refractivity contribution is 5.88. The SMILES string of the molecule is CC1(C(=O)CC2CC3CCC2C3)CCCN1. The molecule has 3 rings (SSSR count). The van der Waals surface area contributed by atoms with E-state index < -0.39 is 0 Å². The van der Waals surface area contributed by atoms with Crippen LogP contribution in [0.15, 0.2) is 0 Å². The zero-order chi connectivity index (χ0) is 11.2. The van der Waals surface area contributed by atoms with Crippen molar-refractivity contribution in [3.63, 3.8) is 0 Å². The van der Waals surface area contributed by atoms with E-state index in [-0.39, 0.29) is 5.54 Å². The number of carbonyl (C=O) groups excluding carboxylic acids is 1. The van der Waals surface area contributed by atoms with E-state index in [0.717, 1.165) is 37.1 Å². The van der Waals surface area contributed by atoms with E-state index in [2.05, 4.69) is 12.2 Å². The smallest absolute Gasteiger partial charge is 0.152 e. The minimum Gasteiger partial charge on any atom is -0.305 e. The molecule has 1 saturated heterocycles. The van der Waals surface area contributed by atoms with E-state index in [9.17, 15) is 4.79 Å². The second-order valence-electron chi connectivity index (χ2n) is 6.42. The summed E-state index contributed by atoms with van der Waals surface area (Å²) in [6.07, 6.45) is 8.66. The summed E-state index contributed by atoms with van der Waals surface area (Å²) in [5.41, 5.74) is -0.179. The van der Waals surface area contributed by atoms with Gasteiger partial charge in [-0.25, -0.2) is 0 Å². The number of rotatable bonds is 3. The molecular formula is C14H23NO. The van der Waals surface area contributed by atoms with Crippen LogP contribution in [-0.4, -0.2) is 17.9 Å². The summed E-state index contributed by atoms with van der Waals surface area (Å²) in [4.78, 5) is 12.3. The van der Waals surface area contributed by atoms with E-state index in [0.29, 0.717) is 5.78 Å². The Bertz CT molecular complexity index is 293. The van der Waals surface area contributed by atoms with E-state index >= 15 is 0 Å². The van der Waals surface area contributed by atoms with Crippen LogP contribution in [-0.2, 0) is 4.79 Å². The normalized spacial score (nSPS) is 46.4. The summed E-state index contributed by atoms with van der Waals surface area (Å²) in [5, 5.41) is 3.40. The number of nitrogens with one attached hydrogen (secondary N) is 1. The molecule has 90 valence electrons. The van der Waals surface area contributed by atoms with Crippen molar-refractivity contribution in [2.45, 2.75) is 57.4 Å². The van der Waals surface area contributed by atoms with Gasteiger partial charge in [0.1, 0.15) is 0 Å². The van der Waals surface area contributed by atoms with Crippen molar-refractivity contribution in [1.82, 2.24) is 5.32 Å². The van der Waals surface area contributed by atoms with Crippen LogP contribution in [0.1, 0.15) is 51.9 Å². The highest BCUT2D eigenvalue weighted by Gasteiger charge is 2.43. The van der Waals surface area contributed by atoms with Gasteiger partial charge in [-0.2, -0.15) is 0 Å². The lowest BCUT2D eigenvalue weighted by molar-refractivity contribution is -0.125. The maximum Gasteiger partial charge on any atom is 0.152 e. The minimum atomic E-state index is -0.179. The van der Waals surface area contributed by atoms with Crippen molar-refractivity contribution in [2.75, 3.05) is 6.54 Å². The Morgan fingerprint density at radius 3 is 2.81 bits per heavy atom. The molecule has 0 aromatic heterocycles. The molecule has 0 radical (unpaired) electrons. The fraction of sp³-hybridized carbons (Fsp3) is 0.929. The van der Waals surface area contributed by atoms with Crippen molar-refractivity contribution < 1.29 is 4.79 Å². The Kier molecular flexibility index (Phi) is 2.58. The molecule has 2 bridgehead atoms. The molecule has 1 N–H and O–H groups in total. The molecule has 3 aliphatic rings. The molecular weight excluding hydrogens is 198 g/mol. The van der Waals surface area contributed by atoms with Crippen LogP contribution in [0, 0.1) is 17.8 Å². The van der Waals surface area contributed by atoms with Crippen LogP contribution in [0.2, 0.25) is 0 Å². The van der Waals surface area contributed by atoms with Crippen LogP contribution < -0.4 is 5.32 Å². The van der Waals surface area contributed by atoms with Crippen molar-refractivity contribution >= 4 is 5.78 Å². The van der Waals surface area contributed by atoms with E-state index in [1.54, 1.807) is 0 Å². The van der Waals surface area contributed by atoms with Gasteiger partial charge in [-0.15, -0.1) is 0 Å². The molecule has 1 heterocycles. The van der Waals surface area contributed by atoms with Gasteiger partial charge in [0, 0.05) is 6.42 Å². The van der Waals surface area contributed by atoms with Gasteiger partial charge in [0.15, 0.2) is 5.78 Å². The van der Waals surface area contributed by atoms with Gasteiger partial charge < -0.3 is 5.32 Å². The number of fused-ring (bicyclic) bond motifs is 2. The molecule has 4 atom stereocenters. The van der Waals surface area contributed by atoms with Gasteiger partial charge >= 0.3 is 0 Å². The van der Waals surface area contributed by atoms with Crippen molar-refractivity contribution in [3.8, 4) is 0 Å². The first-order valence-corrected chi connectivity index (χ1v) is 6.96. The molecule has 2 heteroatoms. The number of hydrogen-bond acceptors (Lipinski definition) is 2. The second-order valence-corrected chi connectivity index (χ2v) is 6.42. The lowest BCUT2D eigenvalue weighted by Crippen LogP contribution is -2.45. The highest BCUT2D eigenvalue weighted by Crippen LogP contribution is 2.50. The quantitative estimate of drug-likeness (QED) is 0.793. The summed E-state index contributed by atoms with van der Waals surface area (Å²) in [7, 11) is 0. The molecule has 0 spiro atoms. The predicted molar refractivity (Wildman–Crippen MR) is 64.2 cm³/mol. The molecule has 2 nitrogen and oxygen atoms in total. The summed E-state index contributed by atoms with van der Waals surface area (Å²) in [6, 6.07) is 0. The zero-order valence-electron chi connectivity index (χ0n) is 10.3. The average Bonchev–Trinajstić information content (AvgIpc) is 2.93. The fourth-order valence-corrected chi connectivity index (χ4v) is 4.22. The summed E-state index contributed by atoms with van der Waals surface area (Å²) in [5.74, 6) is 3.07. The van der Waals surface area contributed by atoms with E-state index in [1.165, 1.54) is 32.1 Å². The maximum atomic E-state index is 12.3. The molecule has 1 aliphatic heterocycles. The lowest BCUT2D eigenvalue weighted by Gasteiger charge is -2.27. The molecule has 16 heavy (non-hydrogen) atoms.